The van der Waals surface area contributed by atoms with Gasteiger partial charge >= 0.3 is 0 Å². The largest absolute Gasteiger partial charge is 0.493 e. The van der Waals surface area contributed by atoms with Crippen molar-refractivity contribution >= 4 is 10.0 Å². The molecule has 1 fully saturated rings. The number of benzene rings is 1. The third-order valence-electron chi connectivity index (χ3n) is 4.54. The van der Waals surface area contributed by atoms with E-state index in [0.717, 1.165) is 17.7 Å². The molecule has 2 aliphatic rings. The maximum absolute atomic E-state index is 12.9. The van der Waals surface area contributed by atoms with Gasteiger partial charge in [-0.15, -0.1) is 0 Å². The van der Waals surface area contributed by atoms with Gasteiger partial charge in [-0.1, -0.05) is 0 Å². The Morgan fingerprint density at radius 2 is 2.04 bits per heavy atom. The molecule has 0 saturated carbocycles. The molecule has 0 bridgehead atoms. The molecule has 0 spiro atoms. The molecular formula is C17H19N3O4S. The number of nitrogens with zero attached hydrogens (tertiary/aromatic N) is 3. The van der Waals surface area contributed by atoms with E-state index >= 15 is 0 Å². The molecule has 0 unspecified atom stereocenters. The molecule has 25 heavy (non-hydrogen) atoms. The van der Waals surface area contributed by atoms with Crippen LogP contribution in [0.15, 0.2) is 41.7 Å². The van der Waals surface area contributed by atoms with Crippen LogP contribution in [0.1, 0.15) is 18.4 Å². The first-order valence-corrected chi connectivity index (χ1v) is 9.75. The molecule has 3 heterocycles. The molecule has 8 heteroatoms. The Labute approximate surface area is 146 Å². The van der Waals surface area contributed by atoms with Crippen molar-refractivity contribution in [1.29, 1.82) is 0 Å². The van der Waals surface area contributed by atoms with Crippen molar-refractivity contribution in [3.63, 3.8) is 0 Å². The van der Waals surface area contributed by atoms with E-state index in [0.29, 0.717) is 43.3 Å². The van der Waals surface area contributed by atoms with Crippen LogP contribution < -0.4 is 9.47 Å². The first-order valence-electron chi connectivity index (χ1n) is 8.31. The van der Waals surface area contributed by atoms with Crippen LogP contribution in [-0.2, 0) is 16.4 Å². The molecular weight excluding hydrogens is 342 g/mol. The van der Waals surface area contributed by atoms with Crippen molar-refractivity contribution in [3.05, 3.63) is 42.4 Å². The molecule has 0 amide bonds. The highest BCUT2D eigenvalue weighted by Gasteiger charge is 2.31. The fourth-order valence-electron chi connectivity index (χ4n) is 3.18. The second-order valence-corrected chi connectivity index (χ2v) is 8.07. The van der Waals surface area contributed by atoms with Gasteiger partial charge in [0.2, 0.25) is 15.9 Å². The minimum Gasteiger partial charge on any atom is -0.493 e. The molecule has 132 valence electrons. The number of hydrogen-bond acceptors (Lipinski definition) is 6. The van der Waals surface area contributed by atoms with E-state index in [1.807, 2.05) is 0 Å². The van der Waals surface area contributed by atoms with E-state index in [1.54, 1.807) is 30.5 Å². The highest BCUT2D eigenvalue weighted by atomic mass is 32.2. The number of piperidine rings is 1. The molecule has 0 N–H and O–H groups in total. The zero-order valence-corrected chi connectivity index (χ0v) is 14.5. The minimum atomic E-state index is -3.48. The predicted molar refractivity (Wildman–Crippen MR) is 90.1 cm³/mol. The summed E-state index contributed by atoms with van der Waals surface area (Å²) in [6.07, 6.45) is 5.06. The number of aromatic nitrogens is 2. The molecule has 0 radical (unpaired) electrons. The third kappa shape index (κ3) is 3.32. The minimum absolute atomic E-state index is 0.0326. The maximum atomic E-state index is 12.9. The quantitative estimate of drug-likeness (QED) is 0.823. The highest BCUT2D eigenvalue weighted by Crippen LogP contribution is 2.30. The van der Waals surface area contributed by atoms with Crippen LogP contribution in [-0.4, -0.2) is 48.5 Å². The average Bonchev–Trinajstić information content (AvgIpc) is 3.11. The van der Waals surface area contributed by atoms with Crippen LogP contribution in [0.25, 0.3) is 0 Å². The topological polar surface area (TPSA) is 81.6 Å². The molecule has 1 aromatic heterocycles. The van der Waals surface area contributed by atoms with E-state index in [2.05, 4.69) is 9.97 Å². The van der Waals surface area contributed by atoms with Gasteiger partial charge in [-0.3, -0.25) is 0 Å². The predicted octanol–water partition coefficient (Wildman–Crippen LogP) is 1.64. The Morgan fingerprint density at radius 1 is 1.20 bits per heavy atom. The van der Waals surface area contributed by atoms with Gasteiger partial charge in [0, 0.05) is 31.8 Å². The van der Waals surface area contributed by atoms with Gasteiger partial charge in [0.25, 0.3) is 0 Å². The van der Waals surface area contributed by atoms with Crippen molar-refractivity contribution < 1.29 is 17.9 Å². The fourth-order valence-corrected chi connectivity index (χ4v) is 4.70. The number of ether oxygens (including phenoxy) is 2. The zero-order valence-electron chi connectivity index (χ0n) is 13.7. The monoisotopic (exact) mass is 361 g/mol. The van der Waals surface area contributed by atoms with E-state index < -0.39 is 10.0 Å². The Morgan fingerprint density at radius 3 is 2.80 bits per heavy atom. The summed E-state index contributed by atoms with van der Waals surface area (Å²) in [4.78, 5) is 8.24. The van der Waals surface area contributed by atoms with E-state index in [-0.39, 0.29) is 6.10 Å². The summed E-state index contributed by atoms with van der Waals surface area (Å²) in [5.41, 5.74) is 0.961. The summed E-state index contributed by atoms with van der Waals surface area (Å²) in [7, 11) is -3.48. The SMILES string of the molecule is O=S(=O)(c1ccc2c(c1)CCO2)N1CCC(Oc2ccncn2)CC1. The van der Waals surface area contributed by atoms with Crippen LogP contribution in [0.3, 0.4) is 0 Å². The third-order valence-corrected chi connectivity index (χ3v) is 6.44. The smallest absolute Gasteiger partial charge is 0.243 e. The van der Waals surface area contributed by atoms with Gasteiger partial charge in [0.1, 0.15) is 18.2 Å². The van der Waals surface area contributed by atoms with E-state index in [1.165, 1.54) is 10.6 Å². The van der Waals surface area contributed by atoms with E-state index in [4.69, 9.17) is 9.47 Å². The summed E-state index contributed by atoms with van der Waals surface area (Å²) in [6.45, 7) is 1.49. The number of fused-ring (bicyclic) bond motifs is 1. The Kier molecular flexibility index (Phi) is 4.30. The van der Waals surface area contributed by atoms with Crippen LogP contribution in [0, 0.1) is 0 Å². The lowest BCUT2D eigenvalue weighted by atomic mass is 10.1. The lowest BCUT2D eigenvalue weighted by Gasteiger charge is -2.31. The summed E-state index contributed by atoms with van der Waals surface area (Å²) in [5.74, 6) is 1.31. The normalized spacial score (nSPS) is 18.6. The van der Waals surface area contributed by atoms with Crippen molar-refractivity contribution in [2.75, 3.05) is 19.7 Å². The number of rotatable bonds is 4. The van der Waals surface area contributed by atoms with Gasteiger partial charge in [-0.05, 0) is 36.6 Å². The van der Waals surface area contributed by atoms with Crippen molar-refractivity contribution in [2.24, 2.45) is 0 Å². The van der Waals surface area contributed by atoms with Gasteiger partial charge in [0.05, 0.1) is 11.5 Å². The summed E-state index contributed by atoms with van der Waals surface area (Å²) in [5, 5.41) is 0. The molecule has 0 atom stereocenters. The second kappa shape index (κ2) is 6.61. The van der Waals surface area contributed by atoms with Gasteiger partial charge in [0.15, 0.2) is 0 Å². The Balaban J connectivity index is 1.43. The molecule has 2 aromatic rings. The summed E-state index contributed by atoms with van der Waals surface area (Å²) >= 11 is 0. The van der Waals surface area contributed by atoms with Gasteiger partial charge < -0.3 is 9.47 Å². The van der Waals surface area contributed by atoms with Crippen molar-refractivity contribution in [3.8, 4) is 11.6 Å². The standard InChI is InChI=1S/C17H19N3O4S/c21-25(22,15-1-2-16-13(11-15)6-10-23-16)20-8-4-14(5-9-20)24-17-3-7-18-12-19-17/h1-3,7,11-12,14H,4-6,8-10H2. The van der Waals surface area contributed by atoms with Crippen LogP contribution in [0.4, 0.5) is 0 Å². The first-order chi connectivity index (χ1) is 12.1. The first kappa shape index (κ1) is 16.3. The molecule has 1 saturated heterocycles. The lowest BCUT2D eigenvalue weighted by Crippen LogP contribution is -2.41. The highest BCUT2D eigenvalue weighted by molar-refractivity contribution is 7.89. The lowest BCUT2D eigenvalue weighted by molar-refractivity contribution is 0.129. The van der Waals surface area contributed by atoms with E-state index in [9.17, 15) is 8.42 Å². The number of hydrogen-bond donors (Lipinski definition) is 0. The molecule has 4 rings (SSSR count). The molecule has 0 aliphatic carbocycles. The van der Waals surface area contributed by atoms with Crippen LogP contribution in [0.2, 0.25) is 0 Å². The maximum Gasteiger partial charge on any atom is 0.243 e. The fraction of sp³-hybridized carbons (Fsp3) is 0.412. The zero-order chi connectivity index (χ0) is 17.3. The van der Waals surface area contributed by atoms with Gasteiger partial charge in [-0.2, -0.15) is 4.31 Å². The van der Waals surface area contributed by atoms with Crippen molar-refractivity contribution in [1.82, 2.24) is 14.3 Å². The summed E-state index contributed by atoms with van der Waals surface area (Å²) < 4.78 is 38.5. The Bertz CT molecular complexity index is 849. The molecule has 7 nitrogen and oxygen atoms in total. The number of sulfonamides is 1. The van der Waals surface area contributed by atoms with Crippen LogP contribution in [0.5, 0.6) is 11.6 Å². The molecule has 1 aromatic carbocycles. The second-order valence-electron chi connectivity index (χ2n) is 6.14. The van der Waals surface area contributed by atoms with Crippen LogP contribution >= 0.6 is 0 Å². The summed E-state index contributed by atoms with van der Waals surface area (Å²) in [6, 6.07) is 6.82. The Hall–Kier alpha value is -2.19. The molecule has 2 aliphatic heterocycles. The average molecular weight is 361 g/mol. The van der Waals surface area contributed by atoms with Crippen molar-refractivity contribution in [2.45, 2.75) is 30.3 Å². The van der Waals surface area contributed by atoms with Gasteiger partial charge in [-0.25, -0.2) is 18.4 Å².